The number of rotatable bonds is 2. The first-order chi connectivity index (χ1) is 9.45. The summed E-state index contributed by atoms with van der Waals surface area (Å²) < 4.78 is 19.0. The third-order valence-corrected chi connectivity index (χ3v) is 6.45. The Hall–Kier alpha value is -0.970. The van der Waals surface area contributed by atoms with Crippen molar-refractivity contribution in [2.45, 2.75) is 42.8 Å². The van der Waals surface area contributed by atoms with E-state index in [0.29, 0.717) is 0 Å². The Bertz CT molecular complexity index is 566. The summed E-state index contributed by atoms with van der Waals surface area (Å²) in [6.07, 6.45) is 3.20. The van der Waals surface area contributed by atoms with Crippen LogP contribution in [-0.2, 0) is 15.5 Å². The topological polar surface area (TPSA) is 46.5 Å². The summed E-state index contributed by atoms with van der Waals surface area (Å²) in [7, 11) is -1.33. The molecule has 108 valence electrons. The zero-order valence-electron chi connectivity index (χ0n) is 11.9. The third kappa shape index (κ3) is 1.90. The smallest absolute Gasteiger partial charge is 0.171 e. The number of hydrogen-bond donors (Lipinski definition) is 1. The first kappa shape index (κ1) is 14.0. The van der Waals surface area contributed by atoms with E-state index in [2.05, 4.69) is 0 Å². The number of aliphatic hydroxyl groups excluding tert-OH is 1. The highest BCUT2D eigenvalue weighted by Crippen LogP contribution is 2.46. The van der Waals surface area contributed by atoms with Gasteiger partial charge in [0, 0.05) is 16.7 Å². The Kier molecular flexibility index (Phi) is 3.35. The minimum Gasteiger partial charge on any atom is -0.392 e. The summed E-state index contributed by atoms with van der Waals surface area (Å²) in [6, 6.07) is 7.66. The van der Waals surface area contributed by atoms with Gasteiger partial charge in [0.05, 0.1) is 23.0 Å². The van der Waals surface area contributed by atoms with Gasteiger partial charge in [-0.15, -0.1) is 0 Å². The first-order valence-corrected chi connectivity index (χ1v) is 8.14. The van der Waals surface area contributed by atoms with Gasteiger partial charge in [0.25, 0.3) is 0 Å². The van der Waals surface area contributed by atoms with Crippen molar-refractivity contribution in [3.63, 3.8) is 0 Å². The number of fused-ring (bicyclic) bond motifs is 2. The van der Waals surface area contributed by atoms with Gasteiger partial charge in [-0.1, -0.05) is 37.6 Å². The van der Waals surface area contributed by atoms with E-state index < -0.39 is 21.8 Å². The molecular weight excluding hydrogens is 272 g/mol. The van der Waals surface area contributed by atoms with Gasteiger partial charge >= 0.3 is 0 Å². The number of ether oxygens (including phenoxy) is 1. The van der Waals surface area contributed by atoms with Crippen LogP contribution in [0.3, 0.4) is 0 Å². The molecule has 3 nitrogen and oxygen atoms in total. The van der Waals surface area contributed by atoms with Gasteiger partial charge < -0.3 is 9.84 Å². The quantitative estimate of drug-likeness (QED) is 0.851. The molecule has 0 radical (unpaired) electrons. The molecular formula is C16H20O3S. The standard InChI is InChI=1S/C16H20O3S/c1-10-4-6-13(7-5-10)20(18)16-9-8-14(19-16)11(2)15(17)12(16)3/h4-9,11-12,14-15,17H,1-3H3/t11-,12-,14-,15-,16?,20?/m1/s1. The molecule has 2 aliphatic rings. The molecule has 20 heavy (non-hydrogen) atoms. The largest absolute Gasteiger partial charge is 0.392 e. The summed E-state index contributed by atoms with van der Waals surface area (Å²) in [4.78, 5) is -0.152. The minimum atomic E-state index is -1.33. The second-order valence-corrected chi connectivity index (χ2v) is 7.53. The average Bonchev–Trinajstić information content (AvgIpc) is 2.87. The maximum Gasteiger partial charge on any atom is 0.171 e. The lowest BCUT2D eigenvalue weighted by Gasteiger charge is -2.44. The molecule has 2 aliphatic heterocycles. The van der Waals surface area contributed by atoms with E-state index in [1.54, 1.807) is 0 Å². The number of aliphatic hydroxyl groups is 1. The Labute approximate surface area is 122 Å². The van der Waals surface area contributed by atoms with Crippen LogP contribution in [0.5, 0.6) is 0 Å². The minimum absolute atomic E-state index is 0.0342. The van der Waals surface area contributed by atoms with Crippen LogP contribution in [0.2, 0.25) is 0 Å². The molecule has 0 saturated carbocycles. The van der Waals surface area contributed by atoms with E-state index >= 15 is 0 Å². The van der Waals surface area contributed by atoms with Crippen molar-refractivity contribution in [3.8, 4) is 0 Å². The molecule has 0 aromatic heterocycles. The fourth-order valence-electron chi connectivity index (χ4n) is 3.07. The van der Waals surface area contributed by atoms with Crippen LogP contribution in [-0.4, -0.2) is 26.5 Å². The van der Waals surface area contributed by atoms with Crippen molar-refractivity contribution < 1.29 is 14.1 Å². The van der Waals surface area contributed by atoms with Crippen LogP contribution >= 0.6 is 0 Å². The SMILES string of the molecule is Cc1ccc(S(=O)C23C=C[C@@H](O2)[C@@H](C)[C@@H](O)[C@H]3C)cc1. The number of aryl methyl sites for hydroxylation is 1. The Morgan fingerprint density at radius 1 is 1.25 bits per heavy atom. The fraction of sp³-hybridized carbons (Fsp3) is 0.500. The predicted molar refractivity (Wildman–Crippen MR) is 78.7 cm³/mol. The molecule has 3 rings (SSSR count). The van der Waals surface area contributed by atoms with E-state index in [-0.39, 0.29) is 17.9 Å². The lowest BCUT2D eigenvalue weighted by Crippen LogP contribution is -2.54. The van der Waals surface area contributed by atoms with E-state index in [4.69, 9.17) is 4.74 Å². The van der Waals surface area contributed by atoms with Gasteiger partial charge in [-0.3, -0.25) is 4.21 Å². The molecule has 2 unspecified atom stereocenters. The molecule has 2 heterocycles. The van der Waals surface area contributed by atoms with Gasteiger partial charge in [-0.25, -0.2) is 0 Å². The molecule has 1 aromatic carbocycles. The molecule has 0 spiro atoms. The third-order valence-electron chi connectivity index (χ3n) is 4.57. The Morgan fingerprint density at radius 3 is 2.55 bits per heavy atom. The van der Waals surface area contributed by atoms with E-state index in [0.717, 1.165) is 10.5 Å². The second-order valence-electron chi connectivity index (χ2n) is 5.88. The molecule has 1 aromatic rings. The predicted octanol–water partition coefficient (Wildman–Crippen LogP) is 2.40. The lowest BCUT2D eigenvalue weighted by atomic mass is 9.86. The second kappa shape index (κ2) is 4.79. The van der Waals surface area contributed by atoms with Crippen molar-refractivity contribution in [2.75, 3.05) is 0 Å². The molecule has 1 fully saturated rings. The van der Waals surface area contributed by atoms with Crippen molar-refractivity contribution >= 4 is 10.8 Å². The lowest BCUT2D eigenvalue weighted by molar-refractivity contribution is -0.133. The monoisotopic (exact) mass is 292 g/mol. The number of benzene rings is 1. The van der Waals surface area contributed by atoms with E-state index in [1.807, 2.05) is 57.2 Å². The van der Waals surface area contributed by atoms with Crippen LogP contribution in [0, 0.1) is 18.8 Å². The van der Waals surface area contributed by atoms with Crippen molar-refractivity contribution in [1.29, 1.82) is 0 Å². The van der Waals surface area contributed by atoms with Crippen molar-refractivity contribution in [3.05, 3.63) is 42.0 Å². The van der Waals surface area contributed by atoms with Crippen molar-refractivity contribution in [2.24, 2.45) is 11.8 Å². The summed E-state index contributed by atoms with van der Waals surface area (Å²) in [6.45, 7) is 5.89. The molecule has 6 atom stereocenters. The number of hydrogen-bond acceptors (Lipinski definition) is 3. The molecule has 0 aliphatic carbocycles. The van der Waals surface area contributed by atoms with Crippen LogP contribution in [0.4, 0.5) is 0 Å². The fourth-order valence-corrected chi connectivity index (χ4v) is 4.70. The summed E-state index contributed by atoms with van der Waals surface area (Å²) in [5, 5.41) is 10.4. The van der Waals surface area contributed by atoms with Gasteiger partial charge in [-0.2, -0.15) is 0 Å². The highest BCUT2D eigenvalue weighted by atomic mass is 32.2. The van der Waals surface area contributed by atoms with Gasteiger partial charge in [0.1, 0.15) is 0 Å². The molecule has 0 amide bonds. The molecule has 1 N–H and O–H groups in total. The van der Waals surface area contributed by atoms with E-state index in [1.165, 1.54) is 0 Å². The normalized spacial score (nSPS) is 40.8. The Balaban J connectivity index is 1.98. The van der Waals surface area contributed by atoms with Crippen molar-refractivity contribution in [1.82, 2.24) is 0 Å². The highest BCUT2D eigenvalue weighted by molar-refractivity contribution is 7.86. The van der Waals surface area contributed by atoms with Crippen LogP contribution in [0.25, 0.3) is 0 Å². The van der Waals surface area contributed by atoms with Crippen LogP contribution < -0.4 is 0 Å². The Morgan fingerprint density at radius 2 is 1.90 bits per heavy atom. The van der Waals surface area contributed by atoms with E-state index in [9.17, 15) is 9.32 Å². The molecule has 1 saturated heterocycles. The highest BCUT2D eigenvalue weighted by Gasteiger charge is 2.55. The zero-order valence-corrected chi connectivity index (χ0v) is 12.8. The summed E-state index contributed by atoms with van der Waals surface area (Å²) >= 11 is 0. The van der Waals surface area contributed by atoms with Gasteiger partial charge in [0.2, 0.25) is 0 Å². The van der Waals surface area contributed by atoms with Gasteiger partial charge in [-0.05, 0) is 25.1 Å². The maximum atomic E-state index is 13.0. The molecule has 2 bridgehead atoms. The van der Waals surface area contributed by atoms with Crippen LogP contribution in [0.1, 0.15) is 19.4 Å². The summed E-state index contributed by atoms with van der Waals surface area (Å²) in [5.74, 6) is -0.165. The van der Waals surface area contributed by atoms with Crippen LogP contribution in [0.15, 0.2) is 41.3 Å². The first-order valence-electron chi connectivity index (χ1n) is 6.99. The van der Waals surface area contributed by atoms with Gasteiger partial charge in [0.15, 0.2) is 4.93 Å². The average molecular weight is 292 g/mol. The zero-order chi connectivity index (χ0) is 14.5. The maximum absolute atomic E-state index is 13.0. The molecule has 4 heteroatoms. The summed E-state index contributed by atoms with van der Waals surface area (Å²) in [5.41, 5.74) is 1.13.